The van der Waals surface area contributed by atoms with Crippen LogP contribution in [0.2, 0.25) is 0 Å². The zero-order valence-electron chi connectivity index (χ0n) is 11.5. The van der Waals surface area contributed by atoms with Crippen molar-refractivity contribution in [3.63, 3.8) is 0 Å². The quantitative estimate of drug-likeness (QED) is 0.712. The molecule has 1 N–H and O–H groups in total. The molecule has 0 aromatic rings. The van der Waals surface area contributed by atoms with Crippen molar-refractivity contribution in [1.82, 2.24) is 10.2 Å². The second kappa shape index (κ2) is 6.97. The van der Waals surface area contributed by atoms with E-state index in [4.69, 9.17) is 4.74 Å². The van der Waals surface area contributed by atoms with Crippen molar-refractivity contribution in [2.75, 3.05) is 26.7 Å². The lowest BCUT2D eigenvalue weighted by atomic mass is 9.99. The van der Waals surface area contributed by atoms with Gasteiger partial charge in [0.05, 0.1) is 13.0 Å². The van der Waals surface area contributed by atoms with Gasteiger partial charge in [-0.1, -0.05) is 13.8 Å². The molecule has 1 fully saturated rings. The van der Waals surface area contributed by atoms with E-state index >= 15 is 0 Å². The van der Waals surface area contributed by atoms with Gasteiger partial charge in [-0.05, 0) is 32.9 Å². The molecule has 0 radical (unpaired) electrons. The Hall–Kier alpha value is -0.610. The zero-order valence-corrected chi connectivity index (χ0v) is 11.5. The summed E-state index contributed by atoms with van der Waals surface area (Å²) in [5.74, 6) is -0.170. The Morgan fingerprint density at radius 3 is 2.71 bits per heavy atom. The van der Waals surface area contributed by atoms with Gasteiger partial charge < -0.3 is 10.1 Å². The van der Waals surface area contributed by atoms with Crippen LogP contribution >= 0.6 is 0 Å². The van der Waals surface area contributed by atoms with Crippen molar-refractivity contribution >= 4 is 5.97 Å². The largest absolute Gasteiger partial charge is 0.469 e. The highest BCUT2D eigenvalue weighted by Gasteiger charge is 2.31. The van der Waals surface area contributed by atoms with Gasteiger partial charge in [-0.3, -0.25) is 9.69 Å². The Bertz CT molecular complexity index is 240. The molecule has 1 aliphatic heterocycles. The van der Waals surface area contributed by atoms with Crippen LogP contribution in [0.3, 0.4) is 0 Å². The third-order valence-corrected chi connectivity index (χ3v) is 3.80. The van der Waals surface area contributed by atoms with Crippen LogP contribution in [0, 0.1) is 5.92 Å². The van der Waals surface area contributed by atoms with Gasteiger partial charge in [0, 0.05) is 18.6 Å². The van der Waals surface area contributed by atoms with Crippen molar-refractivity contribution in [1.29, 1.82) is 0 Å². The SMILES string of the molecule is CCCN(C1CCNC1)C(C)C(C)C(=O)OC. The molecular formula is C13H26N2O2. The number of ether oxygens (including phenoxy) is 1. The lowest BCUT2D eigenvalue weighted by Gasteiger charge is -2.36. The summed E-state index contributed by atoms with van der Waals surface area (Å²) >= 11 is 0. The number of esters is 1. The van der Waals surface area contributed by atoms with Crippen LogP contribution in [0.15, 0.2) is 0 Å². The molecule has 0 amide bonds. The Morgan fingerprint density at radius 1 is 1.53 bits per heavy atom. The third-order valence-electron chi connectivity index (χ3n) is 3.80. The van der Waals surface area contributed by atoms with E-state index < -0.39 is 0 Å². The first-order chi connectivity index (χ1) is 8.11. The molecule has 0 aliphatic carbocycles. The highest BCUT2D eigenvalue weighted by Crippen LogP contribution is 2.19. The van der Waals surface area contributed by atoms with Gasteiger partial charge >= 0.3 is 5.97 Å². The third kappa shape index (κ3) is 3.68. The van der Waals surface area contributed by atoms with Gasteiger partial charge in [0.2, 0.25) is 0 Å². The van der Waals surface area contributed by atoms with Crippen LogP contribution in [-0.2, 0) is 9.53 Å². The fraction of sp³-hybridized carbons (Fsp3) is 0.923. The van der Waals surface area contributed by atoms with Crippen LogP contribution in [0.4, 0.5) is 0 Å². The first-order valence-electron chi connectivity index (χ1n) is 6.66. The van der Waals surface area contributed by atoms with Gasteiger partial charge in [0.15, 0.2) is 0 Å². The molecule has 1 heterocycles. The number of hydrogen-bond donors (Lipinski definition) is 1. The Morgan fingerprint density at radius 2 is 2.24 bits per heavy atom. The molecule has 4 heteroatoms. The van der Waals surface area contributed by atoms with Crippen LogP contribution in [0.1, 0.15) is 33.6 Å². The molecule has 4 nitrogen and oxygen atoms in total. The van der Waals surface area contributed by atoms with Gasteiger partial charge in [0.25, 0.3) is 0 Å². The van der Waals surface area contributed by atoms with Crippen molar-refractivity contribution in [3.05, 3.63) is 0 Å². The zero-order chi connectivity index (χ0) is 12.8. The number of carbonyl (C=O) groups is 1. The van der Waals surface area contributed by atoms with Crippen molar-refractivity contribution < 1.29 is 9.53 Å². The average Bonchev–Trinajstić information content (AvgIpc) is 2.86. The molecule has 0 aromatic heterocycles. The predicted octanol–water partition coefficient (Wildman–Crippen LogP) is 1.26. The minimum absolute atomic E-state index is 0.0628. The second-order valence-electron chi connectivity index (χ2n) is 4.94. The molecule has 0 bridgehead atoms. The number of nitrogens with one attached hydrogen (secondary N) is 1. The van der Waals surface area contributed by atoms with Crippen molar-refractivity contribution in [2.45, 2.75) is 45.7 Å². The number of hydrogen-bond acceptors (Lipinski definition) is 4. The summed E-state index contributed by atoms with van der Waals surface area (Å²) in [6.45, 7) is 9.46. The van der Waals surface area contributed by atoms with Gasteiger partial charge in [-0.25, -0.2) is 0 Å². The van der Waals surface area contributed by atoms with E-state index in [0.29, 0.717) is 6.04 Å². The highest BCUT2D eigenvalue weighted by molar-refractivity contribution is 5.72. The monoisotopic (exact) mass is 242 g/mol. The molecule has 3 unspecified atom stereocenters. The average molecular weight is 242 g/mol. The Labute approximate surface area is 105 Å². The maximum atomic E-state index is 11.6. The van der Waals surface area contributed by atoms with Crippen LogP contribution < -0.4 is 5.32 Å². The van der Waals surface area contributed by atoms with E-state index in [2.05, 4.69) is 24.1 Å². The molecule has 1 rings (SSSR count). The molecule has 100 valence electrons. The molecule has 1 saturated heterocycles. The standard InChI is InChI=1S/C13H26N2O2/c1-5-8-15(12-6-7-14-9-12)11(3)10(2)13(16)17-4/h10-12,14H,5-9H2,1-4H3. The lowest BCUT2D eigenvalue weighted by Crippen LogP contribution is -2.48. The van der Waals surface area contributed by atoms with Crippen LogP contribution in [0.25, 0.3) is 0 Å². The van der Waals surface area contributed by atoms with Gasteiger partial charge in [0.1, 0.15) is 0 Å². The minimum Gasteiger partial charge on any atom is -0.469 e. The first-order valence-corrected chi connectivity index (χ1v) is 6.66. The first kappa shape index (κ1) is 14.5. The van der Waals surface area contributed by atoms with E-state index in [1.165, 1.54) is 13.5 Å². The normalized spacial score (nSPS) is 23.7. The lowest BCUT2D eigenvalue weighted by molar-refractivity contribution is -0.147. The molecule has 0 aromatic carbocycles. The molecular weight excluding hydrogens is 216 g/mol. The van der Waals surface area contributed by atoms with Gasteiger partial charge in [-0.2, -0.15) is 0 Å². The topological polar surface area (TPSA) is 41.6 Å². The molecule has 3 atom stereocenters. The molecule has 17 heavy (non-hydrogen) atoms. The fourth-order valence-electron chi connectivity index (χ4n) is 2.57. The number of rotatable bonds is 6. The molecule has 1 aliphatic rings. The molecule has 0 saturated carbocycles. The van der Waals surface area contributed by atoms with E-state index in [1.54, 1.807) is 0 Å². The van der Waals surface area contributed by atoms with Crippen molar-refractivity contribution in [2.24, 2.45) is 5.92 Å². The van der Waals surface area contributed by atoms with E-state index in [0.717, 1.165) is 26.1 Å². The predicted molar refractivity (Wildman–Crippen MR) is 68.9 cm³/mol. The van der Waals surface area contributed by atoms with Crippen LogP contribution in [-0.4, -0.2) is 49.7 Å². The van der Waals surface area contributed by atoms with E-state index in [1.807, 2.05) is 6.92 Å². The van der Waals surface area contributed by atoms with E-state index in [-0.39, 0.29) is 17.9 Å². The Balaban J connectivity index is 2.64. The molecule has 0 spiro atoms. The number of methoxy groups -OCH3 is 1. The second-order valence-corrected chi connectivity index (χ2v) is 4.94. The number of nitrogens with zero attached hydrogens (tertiary/aromatic N) is 1. The fourth-order valence-corrected chi connectivity index (χ4v) is 2.57. The summed E-state index contributed by atoms with van der Waals surface area (Å²) in [4.78, 5) is 14.1. The summed E-state index contributed by atoms with van der Waals surface area (Å²) < 4.78 is 4.84. The van der Waals surface area contributed by atoms with Gasteiger partial charge in [-0.15, -0.1) is 0 Å². The van der Waals surface area contributed by atoms with Crippen LogP contribution in [0.5, 0.6) is 0 Å². The summed E-state index contributed by atoms with van der Waals surface area (Å²) in [5.41, 5.74) is 0. The maximum Gasteiger partial charge on any atom is 0.309 e. The summed E-state index contributed by atoms with van der Waals surface area (Å²) in [7, 11) is 1.47. The summed E-state index contributed by atoms with van der Waals surface area (Å²) in [6, 6.07) is 0.810. The number of carbonyl (C=O) groups excluding carboxylic acids is 1. The summed E-state index contributed by atoms with van der Waals surface area (Å²) in [5, 5.41) is 3.39. The summed E-state index contributed by atoms with van der Waals surface area (Å²) in [6.07, 6.45) is 2.30. The smallest absolute Gasteiger partial charge is 0.309 e. The minimum atomic E-state index is -0.107. The van der Waals surface area contributed by atoms with E-state index in [9.17, 15) is 4.79 Å². The van der Waals surface area contributed by atoms with Crippen molar-refractivity contribution in [3.8, 4) is 0 Å². The highest BCUT2D eigenvalue weighted by atomic mass is 16.5. The Kier molecular flexibility index (Phi) is 5.92. The maximum absolute atomic E-state index is 11.6.